The monoisotopic (exact) mass is 204 g/mol. The number of aliphatic hydroxyl groups excluding tert-OH is 1. The first-order valence-corrected chi connectivity index (χ1v) is 4.63. The first-order valence-electron chi connectivity index (χ1n) is 4.63. The first-order chi connectivity index (χ1) is 6.46. The molecule has 5 nitrogen and oxygen atoms in total. The highest BCUT2D eigenvalue weighted by atomic mass is 16.7. The van der Waals surface area contributed by atoms with E-state index in [9.17, 15) is 9.90 Å². The molecule has 14 heavy (non-hydrogen) atoms. The van der Waals surface area contributed by atoms with E-state index in [-0.39, 0.29) is 13.2 Å². The van der Waals surface area contributed by atoms with Crippen molar-refractivity contribution in [1.29, 1.82) is 0 Å². The van der Waals surface area contributed by atoms with Crippen LogP contribution < -0.4 is 0 Å². The van der Waals surface area contributed by atoms with Crippen molar-refractivity contribution < 1.29 is 24.1 Å². The normalized spacial score (nSPS) is 27.3. The second-order valence-corrected chi connectivity index (χ2v) is 3.56. The quantitative estimate of drug-likeness (QED) is 0.659. The van der Waals surface area contributed by atoms with Crippen LogP contribution in [0.25, 0.3) is 0 Å². The highest BCUT2D eigenvalue weighted by Crippen LogP contribution is 2.24. The molecule has 0 spiro atoms. The smallest absolute Gasteiger partial charge is 0.337 e. The van der Waals surface area contributed by atoms with Crippen LogP contribution in [-0.2, 0) is 19.0 Å². The molecule has 1 heterocycles. The van der Waals surface area contributed by atoms with E-state index in [2.05, 4.69) is 4.74 Å². The largest absolute Gasteiger partial charge is 0.464 e. The molecule has 0 unspecified atom stereocenters. The maximum absolute atomic E-state index is 11.1. The number of rotatable bonds is 3. The summed E-state index contributed by atoms with van der Waals surface area (Å²) in [5.74, 6) is -1.41. The minimum atomic E-state index is -1.27. The van der Waals surface area contributed by atoms with E-state index < -0.39 is 24.0 Å². The Kier molecular flexibility index (Phi) is 3.47. The Morgan fingerprint density at radius 1 is 1.71 bits per heavy atom. The third-order valence-corrected chi connectivity index (χ3v) is 1.91. The number of esters is 1. The molecule has 0 aliphatic carbocycles. The zero-order valence-electron chi connectivity index (χ0n) is 8.65. The molecule has 0 aromatic heterocycles. The molecule has 82 valence electrons. The van der Waals surface area contributed by atoms with Crippen molar-refractivity contribution in [3.8, 4) is 0 Å². The summed E-state index contributed by atoms with van der Waals surface area (Å²) in [7, 11) is 0. The molecular weight excluding hydrogens is 188 g/mol. The van der Waals surface area contributed by atoms with E-state index in [1.165, 1.54) is 0 Å². The number of aliphatic hydroxyl groups is 1. The first kappa shape index (κ1) is 11.4. The van der Waals surface area contributed by atoms with Gasteiger partial charge in [-0.25, -0.2) is 4.79 Å². The summed E-state index contributed by atoms with van der Waals surface area (Å²) in [5, 5.41) is 9.50. The molecule has 1 saturated heterocycles. The summed E-state index contributed by atoms with van der Waals surface area (Å²) in [6, 6.07) is 0. The van der Waals surface area contributed by atoms with Crippen molar-refractivity contribution in [3.63, 3.8) is 0 Å². The number of carbonyl (C=O) groups is 1. The fourth-order valence-electron chi connectivity index (χ4n) is 1.25. The molecule has 1 aliphatic heterocycles. The summed E-state index contributed by atoms with van der Waals surface area (Å²) >= 11 is 0. The lowest BCUT2D eigenvalue weighted by atomic mass is 10.2. The standard InChI is InChI=1S/C9H16O5/c1-4-12-8(11)7(10)6-5-13-9(2,3)14-6/h6-7,10H,4-5H2,1-3H3/t6-,7-/m1/s1. The van der Waals surface area contributed by atoms with Crippen LogP contribution in [0.4, 0.5) is 0 Å². The topological polar surface area (TPSA) is 65.0 Å². The van der Waals surface area contributed by atoms with Gasteiger partial charge in [-0.15, -0.1) is 0 Å². The van der Waals surface area contributed by atoms with Gasteiger partial charge in [-0.3, -0.25) is 0 Å². The minimum Gasteiger partial charge on any atom is -0.464 e. The second kappa shape index (κ2) is 4.25. The van der Waals surface area contributed by atoms with Crippen LogP contribution >= 0.6 is 0 Å². The van der Waals surface area contributed by atoms with Gasteiger partial charge in [-0.2, -0.15) is 0 Å². The molecular formula is C9H16O5. The molecule has 0 aromatic rings. The van der Waals surface area contributed by atoms with E-state index in [1.54, 1.807) is 20.8 Å². The highest BCUT2D eigenvalue weighted by Gasteiger charge is 2.40. The molecule has 0 bridgehead atoms. The Balaban J connectivity index is 2.46. The third-order valence-electron chi connectivity index (χ3n) is 1.91. The van der Waals surface area contributed by atoms with E-state index in [0.29, 0.717) is 0 Å². The predicted octanol–water partition coefficient (Wildman–Crippen LogP) is 0.0619. The van der Waals surface area contributed by atoms with Gasteiger partial charge in [0.05, 0.1) is 13.2 Å². The number of hydrogen-bond donors (Lipinski definition) is 1. The lowest BCUT2D eigenvalue weighted by Crippen LogP contribution is -2.38. The molecule has 5 heteroatoms. The van der Waals surface area contributed by atoms with Crippen molar-refractivity contribution in [2.45, 2.75) is 38.8 Å². The lowest BCUT2D eigenvalue weighted by Gasteiger charge is -2.19. The Morgan fingerprint density at radius 2 is 2.36 bits per heavy atom. The van der Waals surface area contributed by atoms with Gasteiger partial charge in [0.2, 0.25) is 0 Å². The van der Waals surface area contributed by atoms with Crippen LogP contribution in [-0.4, -0.2) is 42.3 Å². The predicted molar refractivity (Wildman–Crippen MR) is 47.5 cm³/mol. The Hall–Kier alpha value is -0.650. The Labute approximate surface area is 82.9 Å². The molecule has 1 rings (SSSR count). The molecule has 1 fully saturated rings. The van der Waals surface area contributed by atoms with Crippen molar-refractivity contribution in [3.05, 3.63) is 0 Å². The fourth-order valence-corrected chi connectivity index (χ4v) is 1.25. The van der Waals surface area contributed by atoms with Gasteiger partial charge in [0.15, 0.2) is 11.9 Å². The van der Waals surface area contributed by atoms with Gasteiger partial charge in [0, 0.05) is 0 Å². The van der Waals surface area contributed by atoms with Gasteiger partial charge in [0.25, 0.3) is 0 Å². The van der Waals surface area contributed by atoms with Gasteiger partial charge < -0.3 is 19.3 Å². The van der Waals surface area contributed by atoms with Crippen molar-refractivity contribution in [2.75, 3.05) is 13.2 Å². The van der Waals surface area contributed by atoms with Gasteiger partial charge in [-0.05, 0) is 20.8 Å². The highest BCUT2D eigenvalue weighted by molar-refractivity contribution is 5.75. The van der Waals surface area contributed by atoms with Crippen LogP contribution in [0.3, 0.4) is 0 Å². The van der Waals surface area contributed by atoms with Gasteiger partial charge >= 0.3 is 5.97 Å². The molecule has 0 aromatic carbocycles. The van der Waals surface area contributed by atoms with Crippen molar-refractivity contribution in [2.24, 2.45) is 0 Å². The van der Waals surface area contributed by atoms with E-state index in [4.69, 9.17) is 9.47 Å². The lowest BCUT2D eigenvalue weighted by molar-refractivity contribution is -0.172. The maximum atomic E-state index is 11.1. The van der Waals surface area contributed by atoms with Gasteiger partial charge in [-0.1, -0.05) is 0 Å². The van der Waals surface area contributed by atoms with E-state index in [1.807, 2.05) is 0 Å². The Morgan fingerprint density at radius 3 is 2.79 bits per heavy atom. The van der Waals surface area contributed by atoms with Crippen molar-refractivity contribution >= 4 is 5.97 Å². The van der Waals surface area contributed by atoms with Crippen molar-refractivity contribution in [1.82, 2.24) is 0 Å². The SMILES string of the molecule is CCOC(=O)[C@H](O)[C@H]1COC(C)(C)O1. The summed E-state index contributed by atoms with van der Waals surface area (Å²) < 4.78 is 15.2. The zero-order valence-corrected chi connectivity index (χ0v) is 8.65. The summed E-state index contributed by atoms with van der Waals surface area (Å²) in [6.45, 7) is 5.58. The Bertz CT molecular complexity index is 213. The van der Waals surface area contributed by atoms with Crippen LogP contribution in [0.5, 0.6) is 0 Å². The third kappa shape index (κ3) is 2.67. The number of hydrogen-bond acceptors (Lipinski definition) is 5. The van der Waals surface area contributed by atoms with Gasteiger partial charge in [0.1, 0.15) is 6.10 Å². The fraction of sp³-hybridized carbons (Fsp3) is 0.889. The average molecular weight is 204 g/mol. The van der Waals surface area contributed by atoms with E-state index in [0.717, 1.165) is 0 Å². The average Bonchev–Trinajstić information content (AvgIpc) is 2.45. The summed E-state index contributed by atoms with van der Waals surface area (Å²) in [6.07, 6.45) is -1.90. The summed E-state index contributed by atoms with van der Waals surface area (Å²) in [5.41, 5.74) is 0. The molecule has 0 amide bonds. The zero-order chi connectivity index (χ0) is 10.8. The molecule has 1 aliphatic rings. The molecule has 0 radical (unpaired) electrons. The molecule has 0 saturated carbocycles. The molecule has 1 N–H and O–H groups in total. The van der Waals surface area contributed by atoms with E-state index >= 15 is 0 Å². The number of carbonyl (C=O) groups excluding carboxylic acids is 1. The second-order valence-electron chi connectivity index (χ2n) is 3.56. The minimum absolute atomic E-state index is 0.201. The van der Waals surface area contributed by atoms with Crippen LogP contribution in [0.1, 0.15) is 20.8 Å². The summed E-state index contributed by atoms with van der Waals surface area (Å²) in [4.78, 5) is 11.1. The van der Waals surface area contributed by atoms with Crippen LogP contribution in [0.15, 0.2) is 0 Å². The van der Waals surface area contributed by atoms with Crippen LogP contribution in [0, 0.1) is 0 Å². The maximum Gasteiger partial charge on any atom is 0.337 e. The van der Waals surface area contributed by atoms with Crippen LogP contribution in [0.2, 0.25) is 0 Å². The molecule has 2 atom stereocenters. The number of ether oxygens (including phenoxy) is 3.